The van der Waals surface area contributed by atoms with Gasteiger partial charge in [0.2, 0.25) is 5.82 Å². The highest BCUT2D eigenvalue weighted by atomic mass is 19.1. The Labute approximate surface area is 215 Å². The number of ether oxygens (including phenoxy) is 4. The van der Waals surface area contributed by atoms with E-state index in [0.29, 0.717) is 31.9 Å². The van der Waals surface area contributed by atoms with Crippen LogP contribution in [0.25, 0.3) is 11.4 Å². The molecule has 11 heteroatoms. The Bertz CT molecular complexity index is 1280. The molecule has 3 aromatic rings. The second-order valence-corrected chi connectivity index (χ2v) is 9.65. The molecule has 2 heterocycles. The molecule has 0 radical (unpaired) electrons. The summed E-state index contributed by atoms with van der Waals surface area (Å²) >= 11 is 0. The van der Waals surface area contributed by atoms with Gasteiger partial charge >= 0.3 is 0 Å². The summed E-state index contributed by atoms with van der Waals surface area (Å²) in [5.74, 6) is 0.0845. The van der Waals surface area contributed by atoms with Crippen LogP contribution in [-0.4, -0.2) is 73.6 Å². The van der Waals surface area contributed by atoms with Gasteiger partial charge in [-0.2, -0.15) is 4.80 Å². The average Bonchev–Trinajstić information content (AvgIpc) is 3.35. The largest absolute Gasteiger partial charge is 0.494 e. The van der Waals surface area contributed by atoms with Crippen molar-refractivity contribution >= 4 is 11.5 Å². The van der Waals surface area contributed by atoms with Gasteiger partial charge in [-0.1, -0.05) is 20.8 Å². The zero-order valence-electron chi connectivity index (χ0n) is 22.0. The van der Waals surface area contributed by atoms with Gasteiger partial charge in [0.15, 0.2) is 23.1 Å². The number of aromatic nitrogens is 4. The first-order valence-electron chi connectivity index (χ1n) is 11.9. The lowest BCUT2D eigenvalue weighted by atomic mass is 9.84. The molecule has 0 N–H and O–H groups in total. The molecule has 0 atom stereocenters. The van der Waals surface area contributed by atoms with Gasteiger partial charge in [0.05, 0.1) is 45.8 Å². The second-order valence-electron chi connectivity index (χ2n) is 9.65. The van der Waals surface area contributed by atoms with Crippen molar-refractivity contribution in [3.8, 4) is 28.6 Å². The fraction of sp³-hybridized carbons (Fsp3) is 0.462. The van der Waals surface area contributed by atoms with Gasteiger partial charge in [-0.15, -0.1) is 10.2 Å². The Hall–Kier alpha value is -3.73. The van der Waals surface area contributed by atoms with E-state index in [-0.39, 0.29) is 40.6 Å². The number of hydrogen-bond donors (Lipinski definition) is 0. The van der Waals surface area contributed by atoms with Crippen LogP contribution >= 0.6 is 0 Å². The summed E-state index contributed by atoms with van der Waals surface area (Å²) in [5.41, 5.74) is 2.09. The van der Waals surface area contributed by atoms with E-state index in [2.05, 4.69) is 41.1 Å². The third-order valence-corrected chi connectivity index (χ3v) is 6.22. The first-order chi connectivity index (χ1) is 17.7. The maximum absolute atomic E-state index is 15.0. The first kappa shape index (κ1) is 26.3. The van der Waals surface area contributed by atoms with Crippen LogP contribution < -0.4 is 19.1 Å². The van der Waals surface area contributed by atoms with Crippen LogP contribution in [-0.2, 0) is 16.7 Å². The van der Waals surface area contributed by atoms with Gasteiger partial charge < -0.3 is 23.8 Å². The highest BCUT2D eigenvalue weighted by molar-refractivity contribution is 5.97. The molecular weight excluding hydrogens is 481 g/mol. The monoisotopic (exact) mass is 513 g/mol. The summed E-state index contributed by atoms with van der Waals surface area (Å²) in [5, 5.41) is 12.2. The number of anilines is 1. The van der Waals surface area contributed by atoms with E-state index >= 15 is 0 Å². The quantitative estimate of drug-likeness (QED) is 0.419. The number of carbonyl (C=O) groups excluding carboxylic acids is 1. The topological polar surface area (TPSA) is 101 Å². The lowest BCUT2D eigenvalue weighted by Gasteiger charge is -2.33. The molecule has 4 rings (SSSR count). The van der Waals surface area contributed by atoms with Gasteiger partial charge in [-0.25, -0.2) is 4.39 Å². The molecule has 0 bridgehead atoms. The predicted molar refractivity (Wildman–Crippen MR) is 135 cm³/mol. The van der Waals surface area contributed by atoms with Crippen LogP contribution in [0.5, 0.6) is 17.2 Å². The van der Waals surface area contributed by atoms with Gasteiger partial charge in [0.25, 0.3) is 0 Å². The van der Waals surface area contributed by atoms with E-state index in [1.54, 1.807) is 13.2 Å². The Kier molecular flexibility index (Phi) is 7.63. The van der Waals surface area contributed by atoms with Crippen molar-refractivity contribution in [2.45, 2.75) is 32.7 Å². The lowest BCUT2D eigenvalue weighted by molar-refractivity contribution is 0.0961. The zero-order chi connectivity index (χ0) is 26.7. The van der Waals surface area contributed by atoms with E-state index < -0.39 is 5.82 Å². The zero-order valence-corrected chi connectivity index (χ0v) is 22.0. The summed E-state index contributed by atoms with van der Waals surface area (Å²) in [4.78, 5) is 16.7. The van der Waals surface area contributed by atoms with Crippen molar-refractivity contribution in [3.05, 3.63) is 41.2 Å². The van der Waals surface area contributed by atoms with Crippen molar-refractivity contribution in [3.63, 3.8) is 0 Å². The van der Waals surface area contributed by atoms with Gasteiger partial charge in [-0.3, -0.25) is 4.79 Å². The molecule has 1 aliphatic heterocycles. The van der Waals surface area contributed by atoms with Crippen LogP contribution in [0, 0.1) is 5.82 Å². The molecule has 0 aliphatic carbocycles. The number of rotatable bonds is 8. The van der Waals surface area contributed by atoms with E-state index in [4.69, 9.17) is 18.9 Å². The van der Waals surface area contributed by atoms with Crippen LogP contribution in [0.1, 0.15) is 36.7 Å². The minimum absolute atomic E-state index is 0.0328. The number of tetrazole rings is 1. The molecule has 1 aromatic heterocycles. The summed E-state index contributed by atoms with van der Waals surface area (Å²) in [6.45, 7) is 8.65. The molecule has 2 aromatic carbocycles. The van der Waals surface area contributed by atoms with Crippen LogP contribution in [0.2, 0.25) is 0 Å². The second kappa shape index (κ2) is 10.7. The highest BCUT2D eigenvalue weighted by Crippen LogP contribution is 2.40. The van der Waals surface area contributed by atoms with E-state index in [9.17, 15) is 9.18 Å². The lowest BCUT2D eigenvalue weighted by Crippen LogP contribution is -2.37. The van der Waals surface area contributed by atoms with Crippen molar-refractivity contribution in [2.75, 3.05) is 52.5 Å². The SMILES string of the molecule is COc1ccc(-c2nnn(CC(=O)c3cc(N4CCOCC4)c(OC)c(C(C)(C)C)c3)n2)c(F)c1OC. The average molecular weight is 514 g/mol. The Morgan fingerprint density at radius 1 is 1.05 bits per heavy atom. The summed E-state index contributed by atoms with van der Waals surface area (Å²) < 4.78 is 36.5. The fourth-order valence-corrected chi connectivity index (χ4v) is 4.29. The van der Waals surface area contributed by atoms with Gasteiger partial charge in [-0.05, 0) is 34.9 Å². The number of carbonyl (C=O) groups is 1. The van der Waals surface area contributed by atoms with Crippen LogP contribution in [0.3, 0.4) is 0 Å². The number of hydrogen-bond acceptors (Lipinski definition) is 9. The molecule has 1 fully saturated rings. The molecule has 0 unspecified atom stereocenters. The summed E-state index contributed by atoms with van der Waals surface area (Å²) in [7, 11) is 4.41. The maximum Gasteiger partial charge on any atom is 0.208 e. The normalized spacial score (nSPS) is 14.0. The smallest absolute Gasteiger partial charge is 0.208 e. The number of nitrogens with zero attached hydrogens (tertiary/aromatic N) is 5. The Balaban J connectivity index is 1.66. The van der Waals surface area contributed by atoms with Crippen molar-refractivity contribution < 1.29 is 28.1 Å². The fourth-order valence-electron chi connectivity index (χ4n) is 4.29. The number of benzene rings is 2. The maximum atomic E-state index is 15.0. The first-order valence-corrected chi connectivity index (χ1v) is 11.9. The number of methoxy groups -OCH3 is 3. The molecule has 1 saturated heterocycles. The number of halogens is 1. The Morgan fingerprint density at radius 2 is 1.76 bits per heavy atom. The number of morpholine rings is 1. The minimum atomic E-state index is -0.673. The van der Waals surface area contributed by atoms with E-state index in [0.717, 1.165) is 21.8 Å². The van der Waals surface area contributed by atoms with Crippen LogP contribution in [0.15, 0.2) is 24.3 Å². The molecule has 10 nitrogen and oxygen atoms in total. The van der Waals surface area contributed by atoms with Crippen molar-refractivity contribution in [1.29, 1.82) is 0 Å². The van der Waals surface area contributed by atoms with E-state index in [1.807, 2.05) is 12.1 Å². The van der Waals surface area contributed by atoms with Gasteiger partial charge in [0, 0.05) is 24.2 Å². The Morgan fingerprint density at radius 3 is 2.38 bits per heavy atom. The molecule has 0 amide bonds. The molecule has 1 aliphatic rings. The molecule has 198 valence electrons. The van der Waals surface area contributed by atoms with Gasteiger partial charge in [0.1, 0.15) is 12.3 Å². The molecular formula is C26H32FN5O5. The molecule has 0 spiro atoms. The van der Waals surface area contributed by atoms with Crippen molar-refractivity contribution in [2.24, 2.45) is 0 Å². The minimum Gasteiger partial charge on any atom is -0.494 e. The predicted octanol–water partition coefficient (Wildman–Crippen LogP) is 3.52. The molecule has 37 heavy (non-hydrogen) atoms. The summed E-state index contributed by atoms with van der Waals surface area (Å²) in [6, 6.07) is 6.74. The highest BCUT2D eigenvalue weighted by Gasteiger charge is 2.27. The third-order valence-electron chi connectivity index (χ3n) is 6.22. The van der Waals surface area contributed by atoms with Crippen LogP contribution in [0.4, 0.5) is 10.1 Å². The van der Waals surface area contributed by atoms with Crippen molar-refractivity contribution in [1.82, 2.24) is 20.2 Å². The number of Topliss-reactive ketones (excluding diaryl/α,β-unsaturated/α-hetero) is 1. The van der Waals surface area contributed by atoms with E-state index in [1.165, 1.54) is 20.3 Å². The molecule has 0 saturated carbocycles. The summed E-state index contributed by atoms with van der Waals surface area (Å²) in [6.07, 6.45) is 0. The standard InChI is InChI=1S/C26H32FN5O5/c1-26(2,3)18-13-16(14-19(23(18)35-5)31-9-11-37-12-10-31)20(33)15-32-29-25(28-30-32)17-7-8-21(34-4)24(36-6)22(17)27/h7-8,13-14H,9-12,15H2,1-6H3. The number of ketones is 1. The third kappa shape index (κ3) is 5.36.